The van der Waals surface area contributed by atoms with Gasteiger partial charge in [0.25, 0.3) is 11.8 Å². The van der Waals surface area contributed by atoms with Gasteiger partial charge in [0.1, 0.15) is 23.1 Å². The quantitative estimate of drug-likeness (QED) is 0.643. The van der Waals surface area contributed by atoms with Crippen LogP contribution in [0.4, 0.5) is 14.5 Å². The average molecular weight is 456 g/mol. The normalized spacial score (nSPS) is 19.0. The van der Waals surface area contributed by atoms with Gasteiger partial charge in [-0.2, -0.15) is 0 Å². The number of hydrogen-bond acceptors (Lipinski definition) is 5. The predicted octanol–water partition coefficient (Wildman–Crippen LogP) is 3.74. The maximum Gasteiger partial charge on any atom is 0.282 e. The van der Waals surface area contributed by atoms with Gasteiger partial charge in [-0.3, -0.25) is 9.59 Å². The molecule has 8 heteroatoms. The highest BCUT2D eigenvalue weighted by atomic mass is 19.1. The maximum absolute atomic E-state index is 14.6. The molecule has 2 amide bonds. The number of rotatable bonds is 7. The second-order valence-corrected chi connectivity index (χ2v) is 8.27. The van der Waals surface area contributed by atoms with Crippen LogP contribution in [-0.2, 0) is 9.59 Å². The number of carbonyl (C=O) groups is 2. The SMILES string of the molecule is CCCOc1ccc(C2=C(N3CCCC(CO)C3)C(=O)N(c3cc(F)ccc3F)C2=O)cc1. The summed E-state index contributed by atoms with van der Waals surface area (Å²) in [5.41, 5.74) is 0.335. The van der Waals surface area contributed by atoms with E-state index in [1.165, 1.54) is 0 Å². The minimum absolute atomic E-state index is 0.0348. The Bertz CT molecular complexity index is 1080. The molecule has 1 saturated heterocycles. The molecule has 1 N–H and O–H groups in total. The molecule has 174 valence electrons. The Hall–Kier alpha value is -3.26. The number of piperidine rings is 1. The van der Waals surface area contributed by atoms with Crippen molar-refractivity contribution < 1.29 is 28.2 Å². The van der Waals surface area contributed by atoms with Gasteiger partial charge in [0.2, 0.25) is 0 Å². The van der Waals surface area contributed by atoms with E-state index in [1.807, 2.05) is 6.92 Å². The number of aliphatic hydroxyl groups is 1. The van der Waals surface area contributed by atoms with E-state index < -0.39 is 29.1 Å². The minimum atomic E-state index is -0.867. The smallest absolute Gasteiger partial charge is 0.282 e. The van der Waals surface area contributed by atoms with Crippen molar-refractivity contribution in [1.29, 1.82) is 0 Å². The number of ether oxygens (including phenoxy) is 1. The van der Waals surface area contributed by atoms with E-state index >= 15 is 0 Å². The van der Waals surface area contributed by atoms with Crippen molar-refractivity contribution in [3.05, 3.63) is 65.4 Å². The molecule has 2 aliphatic rings. The number of anilines is 1. The number of halogens is 2. The number of benzene rings is 2. The van der Waals surface area contributed by atoms with E-state index in [-0.39, 0.29) is 23.8 Å². The van der Waals surface area contributed by atoms with E-state index in [2.05, 4.69) is 0 Å². The summed E-state index contributed by atoms with van der Waals surface area (Å²) in [6, 6.07) is 9.47. The molecule has 2 aromatic rings. The van der Waals surface area contributed by atoms with Crippen molar-refractivity contribution in [3.8, 4) is 5.75 Å². The molecule has 6 nitrogen and oxygen atoms in total. The molecule has 2 aliphatic heterocycles. The number of likely N-dealkylation sites (tertiary alicyclic amines) is 1. The fourth-order valence-corrected chi connectivity index (χ4v) is 4.30. The number of nitrogens with zero attached hydrogens (tertiary/aromatic N) is 2. The highest BCUT2D eigenvalue weighted by molar-refractivity contribution is 6.45. The molecule has 2 aromatic carbocycles. The number of aliphatic hydroxyl groups excluding tert-OH is 1. The fourth-order valence-electron chi connectivity index (χ4n) is 4.30. The van der Waals surface area contributed by atoms with Crippen LogP contribution in [0, 0.1) is 17.6 Å². The van der Waals surface area contributed by atoms with Gasteiger partial charge < -0.3 is 14.7 Å². The topological polar surface area (TPSA) is 70.1 Å². The summed E-state index contributed by atoms with van der Waals surface area (Å²) in [4.78, 5) is 29.5. The molecule has 1 unspecified atom stereocenters. The van der Waals surface area contributed by atoms with E-state index in [9.17, 15) is 23.5 Å². The Kier molecular flexibility index (Phi) is 6.74. The highest BCUT2D eigenvalue weighted by Gasteiger charge is 2.44. The van der Waals surface area contributed by atoms with Gasteiger partial charge in [-0.15, -0.1) is 0 Å². The van der Waals surface area contributed by atoms with Gasteiger partial charge in [0.05, 0.1) is 17.9 Å². The summed E-state index contributed by atoms with van der Waals surface area (Å²) >= 11 is 0. The molecule has 0 aromatic heterocycles. The fraction of sp³-hybridized carbons (Fsp3) is 0.360. The zero-order chi connectivity index (χ0) is 23.5. The Morgan fingerprint density at radius 3 is 2.55 bits per heavy atom. The Labute approximate surface area is 191 Å². The molecule has 0 radical (unpaired) electrons. The van der Waals surface area contributed by atoms with Crippen LogP contribution in [0.2, 0.25) is 0 Å². The molecule has 0 bridgehead atoms. The van der Waals surface area contributed by atoms with Crippen molar-refractivity contribution in [2.75, 3.05) is 31.2 Å². The van der Waals surface area contributed by atoms with Crippen LogP contribution in [0.1, 0.15) is 31.7 Å². The van der Waals surface area contributed by atoms with E-state index in [0.29, 0.717) is 35.9 Å². The van der Waals surface area contributed by atoms with Crippen LogP contribution in [0.15, 0.2) is 48.2 Å². The number of carbonyl (C=O) groups excluding carboxylic acids is 2. The third-order valence-electron chi connectivity index (χ3n) is 5.92. The molecule has 2 heterocycles. The molecule has 4 rings (SSSR count). The molecule has 0 saturated carbocycles. The monoisotopic (exact) mass is 456 g/mol. The number of imide groups is 1. The zero-order valence-corrected chi connectivity index (χ0v) is 18.4. The molecule has 33 heavy (non-hydrogen) atoms. The Morgan fingerprint density at radius 1 is 1.09 bits per heavy atom. The largest absolute Gasteiger partial charge is 0.494 e. The zero-order valence-electron chi connectivity index (χ0n) is 18.4. The number of amides is 2. The van der Waals surface area contributed by atoms with E-state index in [0.717, 1.165) is 37.5 Å². The van der Waals surface area contributed by atoms with Crippen molar-refractivity contribution in [2.45, 2.75) is 26.2 Å². The van der Waals surface area contributed by atoms with Crippen LogP contribution in [0.5, 0.6) is 5.75 Å². The first-order chi connectivity index (χ1) is 15.9. The number of hydrogen-bond donors (Lipinski definition) is 1. The predicted molar refractivity (Wildman–Crippen MR) is 119 cm³/mol. The van der Waals surface area contributed by atoms with Gasteiger partial charge in [0.15, 0.2) is 0 Å². The van der Waals surface area contributed by atoms with Gasteiger partial charge >= 0.3 is 0 Å². The summed E-state index contributed by atoms with van der Waals surface area (Å²) in [6.07, 6.45) is 2.39. The van der Waals surface area contributed by atoms with Gasteiger partial charge in [-0.25, -0.2) is 13.7 Å². The molecule has 0 spiro atoms. The van der Waals surface area contributed by atoms with Crippen LogP contribution >= 0.6 is 0 Å². The lowest BCUT2D eigenvalue weighted by molar-refractivity contribution is -0.121. The van der Waals surface area contributed by atoms with Gasteiger partial charge in [-0.05, 0) is 55.0 Å². The second-order valence-electron chi connectivity index (χ2n) is 8.27. The van der Waals surface area contributed by atoms with Crippen molar-refractivity contribution in [2.24, 2.45) is 5.92 Å². The van der Waals surface area contributed by atoms with Gasteiger partial charge in [-0.1, -0.05) is 19.1 Å². The first-order valence-corrected chi connectivity index (χ1v) is 11.1. The first kappa shape index (κ1) is 22.9. The highest BCUT2D eigenvalue weighted by Crippen LogP contribution is 2.38. The summed E-state index contributed by atoms with van der Waals surface area (Å²) in [6.45, 7) is 3.42. The third-order valence-corrected chi connectivity index (χ3v) is 5.92. The van der Waals surface area contributed by atoms with E-state index in [4.69, 9.17) is 4.74 Å². The minimum Gasteiger partial charge on any atom is -0.494 e. The molecular weight excluding hydrogens is 430 g/mol. The molecule has 1 fully saturated rings. The summed E-state index contributed by atoms with van der Waals surface area (Å²) in [7, 11) is 0. The lowest BCUT2D eigenvalue weighted by atomic mass is 9.97. The third kappa shape index (κ3) is 4.48. The Balaban J connectivity index is 1.78. The van der Waals surface area contributed by atoms with Gasteiger partial charge in [0, 0.05) is 25.8 Å². The molecular formula is C25H26F2N2O4. The van der Waals surface area contributed by atoms with Crippen LogP contribution in [-0.4, -0.2) is 48.1 Å². The lowest BCUT2D eigenvalue weighted by Gasteiger charge is -2.34. The van der Waals surface area contributed by atoms with Crippen molar-refractivity contribution in [3.63, 3.8) is 0 Å². The maximum atomic E-state index is 14.6. The first-order valence-electron chi connectivity index (χ1n) is 11.1. The second kappa shape index (κ2) is 9.70. The Morgan fingerprint density at radius 2 is 1.85 bits per heavy atom. The average Bonchev–Trinajstić information content (AvgIpc) is 3.09. The molecule has 1 atom stereocenters. The van der Waals surface area contributed by atoms with Crippen molar-refractivity contribution in [1.82, 2.24) is 4.90 Å². The standard InChI is InChI=1S/C25H26F2N2O4/c1-2-12-33-19-8-5-17(6-9-19)22-23(28-11-3-4-16(14-28)15-30)25(32)29(24(22)31)21-13-18(26)7-10-20(21)27/h5-10,13,16,30H,2-4,11-12,14-15H2,1H3. The van der Waals surface area contributed by atoms with Crippen LogP contribution in [0.3, 0.4) is 0 Å². The van der Waals surface area contributed by atoms with Crippen LogP contribution in [0.25, 0.3) is 5.57 Å². The van der Waals surface area contributed by atoms with E-state index in [1.54, 1.807) is 29.2 Å². The van der Waals surface area contributed by atoms with Crippen molar-refractivity contribution >= 4 is 23.1 Å². The summed E-state index contributed by atoms with van der Waals surface area (Å²) in [5.74, 6) is -2.45. The van der Waals surface area contributed by atoms with Crippen LogP contribution < -0.4 is 9.64 Å². The summed E-state index contributed by atoms with van der Waals surface area (Å²) in [5, 5.41) is 9.64. The summed E-state index contributed by atoms with van der Waals surface area (Å²) < 4.78 is 34.1. The molecule has 0 aliphatic carbocycles. The lowest BCUT2D eigenvalue weighted by Crippen LogP contribution is -2.40.